The van der Waals surface area contributed by atoms with Crippen molar-refractivity contribution in [1.29, 1.82) is 0 Å². The highest BCUT2D eigenvalue weighted by Crippen LogP contribution is 2.27. The molecule has 1 N–H and O–H groups in total. The van der Waals surface area contributed by atoms with Crippen molar-refractivity contribution in [2.45, 2.75) is 41.2 Å². The third-order valence-corrected chi connectivity index (χ3v) is 6.93. The van der Waals surface area contributed by atoms with Gasteiger partial charge in [0.2, 0.25) is 5.91 Å². The van der Waals surface area contributed by atoms with E-state index < -0.39 is 11.2 Å². The molecule has 0 bridgehead atoms. The summed E-state index contributed by atoms with van der Waals surface area (Å²) in [5, 5.41) is 3.77. The van der Waals surface area contributed by atoms with E-state index in [4.69, 9.17) is 0 Å². The number of rotatable bonds is 4. The number of hydrogen-bond acceptors (Lipinski definition) is 3. The number of nitrogens with zero attached hydrogens (tertiary/aromatic N) is 3. The molecule has 7 heteroatoms. The van der Waals surface area contributed by atoms with Crippen LogP contribution in [0.15, 0.2) is 64.2 Å². The molecule has 7 nitrogen and oxygen atoms in total. The highest BCUT2D eigenvalue weighted by atomic mass is 16.2. The molecule has 2 heterocycles. The van der Waals surface area contributed by atoms with E-state index in [0.717, 1.165) is 49.0 Å². The van der Waals surface area contributed by atoms with Crippen molar-refractivity contribution < 1.29 is 4.79 Å². The van der Waals surface area contributed by atoms with Crippen LogP contribution in [-0.4, -0.2) is 19.6 Å². The minimum Gasteiger partial charge on any atom is -0.338 e. The number of nitrogens with one attached hydrogen (secondary N) is 1. The van der Waals surface area contributed by atoms with Crippen molar-refractivity contribution in [2.24, 2.45) is 7.05 Å². The second-order valence-corrected chi connectivity index (χ2v) is 9.95. The Balaban J connectivity index is 1.77. The Bertz CT molecular complexity index is 1830. The fraction of sp³-hybridized carbons (Fsp3) is 0.233. The maximum atomic E-state index is 14.0. The number of aryl methyl sites for hydroxylation is 6. The van der Waals surface area contributed by atoms with Gasteiger partial charge in [-0.25, -0.2) is 9.36 Å². The number of carbonyl (C=O) groups excluding carboxylic acids is 1. The molecule has 0 saturated carbocycles. The van der Waals surface area contributed by atoms with E-state index in [1.165, 1.54) is 4.57 Å². The monoisotopic (exact) mass is 494 g/mol. The number of hydrogen-bond donors (Lipinski definition) is 1. The Morgan fingerprint density at radius 1 is 0.811 bits per heavy atom. The summed E-state index contributed by atoms with van der Waals surface area (Å²) in [4.78, 5) is 41.2. The second kappa shape index (κ2) is 8.92. The van der Waals surface area contributed by atoms with Crippen LogP contribution in [-0.2, 0) is 18.4 Å². The SMILES string of the molecule is Cc1cccc(-n2c(=O)c3c(c4cc(C)ccc4n3C)n(CC(=O)Nc3c(C)cc(C)cc3C)c2=O)c1. The Kier molecular flexibility index (Phi) is 5.86. The first kappa shape index (κ1) is 24.3. The van der Waals surface area contributed by atoms with Crippen LogP contribution in [0, 0.1) is 34.6 Å². The predicted molar refractivity (Wildman–Crippen MR) is 149 cm³/mol. The number of benzene rings is 3. The summed E-state index contributed by atoms with van der Waals surface area (Å²) in [5.41, 5.74) is 6.84. The van der Waals surface area contributed by atoms with Gasteiger partial charge in [0.05, 0.1) is 16.7 Å². The second-order valence-electron chi connectivity index (χ2n) is 9.95. The highest BCUT2D eigenvalue weighted by Gasteiger charge is 2.23. The molecule has 0 aliphatic carbocycles. The molecule has 2 aromatic heterocycles. The molecule has 0 atom stereocenters. The Morgan fingerprint density at radius 2 is 1.49 bits per heavy atom. The van der Waals surface area contributed by atoms with E-state index in [-0.39, 0.29) is 12.5 Å². The molecule has 0 radical (unpaired) electrons. The van der Waals surface area contributed by atoms with Crippen LogP contribution in [0.3, 0.4) is 0 Å². The van der Waals surface area contributed by atoms with Crippen molar-refractivity contribution >= 4 is 33.5 Å². The number of carbonyl (C=O) groups is 1. The molecular formula is C30H30N4O3. The average Bonchev–Trinajstić information content (AvgIpc) is 3.11. The highest BCUT2D eigenvalue weighted by molar-refractivity contribution is 6.06. The fourth-order valence-corrected chi connectivity index (χ4v) is 5.31. The zero-order valence-corrected chi connectivity index (χ0v) is 22.0. The van der Waals surface area contributed by atoms with Gasteiger partial charge in [0, 0.05) is 18.1 Å². The number of aromatic nitrogens is 3. The molecule has 0 saturated heterocycles. The molecule has 37 heavy (non-hydrogen) atoms. The molecule has 0 fully saturated rings. The van der Waals surface area contributed by atoms with Gasteiger partial charge >= 0.3 is 5.69 Å². The third-order valence-electron chi connectivity index (χ3n) is 6.93. The lowest BCUT2D eigenvalue weighted by Gasteiger charge is -2.16. The maximum Gasteiger partial charge on any atom is 0.336 e. The fourth-order valence-electron chi connectivity index (χ4n) is 5.31. The number of amides is 1. The zero-order valence-electron chi connectivity index (χ0n) is 22.0. The molecular weight excluding hydrogens is 464 g/mol. The molecule has 5 aromatic rings. The quantitative estimate of drug-likeness (QED) is 0.389. The van der Waals surface area contributed by atoms with Gasteiger partial charge in [-0.15, -0.1) is 0 Å². The van der Waals surface area contributed by atoms with Crippen LogP contribution in [0.4, 0.5) is 5.69 Å². The van der Waals surface area contributed by atoms with Crippen LogP contribution in [0.25, 0.3) is 27.6 Å². The Labute approximate surface area is 214 Å². The third kappa shape index (κ3) is 4.06. The van der Waals surface area contributed by atoms with Crippen LogP contribution in [0.1, 0.15) is 27.8 Å². The van der Waals surface area contributed by atoms with Crippen molar-refractivity contribution in [1.82, 2.24) is 13.7 Å². The van der Waals surface area contributed by atoms with E-state index in [9.17, 15) is 14.4 Å². The summed E-state index contributed by atoms with van der Waals surface area (Å²) in [6.45, 7) is 9.55. The lowest BCUT2D eigenvalue weighted by Crippen LogP contribution is -2.41. The topological polar surface area (TPSA) is 78.0 Å². The standard InChI is InChI=1S/C30H30N4O3/c1-17-8-7-9-22(14-17)34-29(36)28-27(23-15-18(2)10-11-24(23)32(28)6)33(30(34)37)16-25(35)31-26-20(4)12-19(3)13-21(26)5/h7-15H,16H2,1-6H3,(H,31,35). The van der Waals surface area contributed by atoms with E-state index in [2.05, 4.69) is 5.32 Å². The normalized spacial score (nSPS) is 11.4. The summed E-state index contributed by atoms with van der Waals surface area (Å²) < 4.78 is 4.40. The number of fused-ring (bicyclic) bond motifs is 3. The summed E-state index contributed by atoms with van der Waals surface area (Å²) in [7, 11) is 1.82. The summed E-state index contributed by atoms with van der Waals surface area (Å²) >= 11 is 0. The molecule has 0 unspecified atom stereocenters. The van der Waals surface area contributed by atoms with Gasteiger partial charge in [-0.05, 0) is 75.6 Å². The lowest BCUT2D eigenvalue weighted by molar-refractivity contribution is -0.116. The first-order chi connectivity index (χ1) is 17.6. The zero-order chi connectivity index (χ0) is 26.6. The first-order valence-corrected chi connectivity index (χ1v) is 12.3. The van der Waals surface area contributed by atoms with Crippen LogP contribution < -0.4 is 16.6 Å². The van der Waals surface area contributed by atoms with Gasteiger partial charge in [0.1, 0.15) is 12.1 Å². The molecule has 1 amide bonds. The van der Waals surface area contributed by atoms with E-state index >= 15 is 0 Å². The Hall–Kier alpha value is -4.39. The van der Waals surface area contributed by atoms with Gasteiger partial charge in [0.15, 0.2) is 0 Å². The molecule has 3 aromatic carbocycles. The molecule has 188 valence electrons. The van der Waals surface area contributed by atoms with Gasteiger partial charge in [-0.1, -0.05) is 41.5 Å². The van der Waals surface area contributed by atoms with Gasteiger partial charge in [-0.2, -0.15) is 0 Å². The van der Waals surface area contributed by atoms with E-state index in [0.29, 0.717) is 16.7 Å². The smallest absolute Gasteiger partial charge is 0.336 e. The van der Waals surface area contributed by atoms with Crippen LogP contribution in [0.5, 0.6) is 0 Å². The number of anilines is 1. The van der Waals surface area contributed by atoms with Crippen molar-refractivity contribution in [3.05, 3.63) is 103 Å². The van der Waals surface area contributed by atoms with Gasteiger partial charge in [-0.3, -0.25) is 14.2 Å². The predicted octanol–water partition coefficient (Wildman–Crippen LogP) is 4.82. The van der Waals surface area contributed by atoms with Gasteiger partial charge in [0.25, 0.3) is 5.56 Å². The van der Waals surface area contributed by atoms with Crippen molar-refractivity contribution in [3.63, 3.8) is 0 Å². The minimum absolute atomic E-state index is 0.235. The summed E-state index contributed by atoms with van der Waals surface area (Å²) in [5.74, 6) is -0.336. The summed E-state index contributed by atoms with van der Waals surface area (Å²) in [6.07, 6.45) is 0. The summed E-state index contributed by atoms with van der Waals surface area (Å²) in [6, 6.07) is 17.1. The molecule has 0 aliphatic rings. The van der Waals surface area contributed by atoms with Crippen molar-refractivity contribution in [2.75, 3.05) is 5.32 Å². The average molecular weight is 495 g/mol. The van der Waals surface area contributed by atoms with Crippen LogP contribution in [0.2, 0.25) is 0 Å². The largest absolute Gasteiger partial charge is 0.338 e. The van der Waals surface area contributed by atoms with E-state index in [1.807, 2.05) is 84.1 Å². The molecule has 5 rings (SSSR count). The maximum absolute atomic E-state index is 14.0. The van der Waals surface area contributed by atoms with Crippen LogP contribution >= 0.6 is 0 Å². The van der Waals surface area contributed by atoms with Crippen molar-refractivity contribution in [3.8, 4) is 5.69 Å². The molecule has 0 aliphatic heterocycles. The lowest BCUT2D eigenvalue weighted by atomic mass is 10.1. The molecule has 0 spiro atoms. The minimum atomic E-state index is -0.551. The Morgan fingerprint density at radius 3 is 2.16 bits per heavy atom. The van der Waals surface area contributed by atoms with Gasteiger partial charge < -0.3 is 9.88 Å². The van der Waals surface area contributed by atoms with E-state index in [1.54, 1.807) is 16.7 Å². The first-order valence-electron chi connectivity index (χ1n) is 12.3.